The van der Waals surface area contributed by atoms with Crippen LogP contribution in [0, 0.1) is 10.1 Å². The van der Waals surface area contributed by atoms with Crippen molar-refractivity contribution in [1.29, 1.82) is 0 Å². The number of hydrogen-bond donors (Lipinski definition) is 2. The van der Waals surface area contributed by atoms with Gasteiger partial charge in [0.2, 0.25) is 0 Å². The summed E-state index contributed by atoms with van der Waals surface area (Å²) in [6.07, 6.45) is 6.89. The lowest BCUT2D eigenvalue weighted by atomic mass is 9.89. The average Bonchev–Trinajstić information content (AvgIpc) is 3.23. The minimum absolute atomic E-state index is 0.135. The molecule has 32 heavy (non-hydrogen) atoms. The van der Waals surface area contributed by atoms with E-state index >= 15 is 0 Å². The molecule has 2 aliphatic rings. The van der Waals surface area contributed by atoms with Crippen molar-refractivity contribution in [2.24, 2.45) is 0 Å². The van der Waals surface area contributed by atoms with Gasteiger partial charge in [0.1, 0.15) is 5.52 Å². The molecule has 5 rings (SSSR count). The number of aromatic nitrogens is 1. The molecular formula is C24H29N5O3. The zero-order valence-corrected chi connectivity index (χ0v) is 18.1. The molecule has 2 unspecified atom stereocenters. The fraction of sp³-hybridized carbons (Fsp3) is 0.458. The first-order chi connectivity index (χ1) is 15.7. The monoisotopic (exact) mass is 435 g/mol. The van der Waals surface area contributed by atoms with Gasteiger partial charge >= 0.3 is 0 Å². The lowest BCUT2D eigenvalue weighted by Gasteiger charge is -2.40. The molecule has 1 saturated heterocycles. The van der Waals surface area contributed by atoms with Gasteiger partial charge in [0.05, 0.1) is 4.92 Å². The number of nitrogens with zero attached hydrogens (tertiary/aromatic N) is 3. The van der Waals surface area contributed by atoms with E-state index in [9.17, 15) is 10.1 Å². The third-order valence-electron chi connectivity index (χ3n) is 6.67. The number of hydrogen-bond acceptors (Lipinski definition) is 7. The highest BCUT2D eigenvalue weighted by Gasteiger charge is 2.30. The molecule has 0 radical (unpaired) electrons. The maximum atomic E-state index is 10.9. The third-order valence-corrected chi connectivity index (χ3v) is 6.67. The van der Waals surface area contributed by atoms with Gasteiger partial charge in [-0.25, -0.2) is 0 Å². The highest BCUT2D eigenvalue weighted by Crippen LogP contribution is 2.27. The van der Waals surface area contributed by atoms with E-state index in [-0.39, 0.29) is 16.7 Å². The SMILES string of the molecule is O=[N+]([O-])c1ccc(N2CCC[C@H](NC3CCCCC3Nc3nc4ccccc4o3)C2)cc1. The van der Waals surface area contributed by atoms with Gasteiger partial charge in [-0.05, 0) is 49.9 Å². The molecule has 8 nitrogen and oxygen atoms in total. The first kappa shape index (κ1) is 20.8. The van der Waals surface area contributed by atoms with Gasteiger partial charge in [-0.3, -0.25) is 10.1 Å². The van der Waals surface area contributed by atoms with E-state index in [2.05, 4.69) is 20.5 Å². The Bertz CT molecular complexity index is 1030. The molecule has 2 aromatic carbocycles. The van der Waals surface area contributed by atoms with Crippen molar-refractivity contribution in [3.05, 3.63) is 58.6 Å². The summed E-state index contributed by atoms with van der Waals surface area (Å²) in [6.45, 7) is 1.88. The second kappa shape index (κ2) is 9.16. The number of nitro benzene ring substituents is 1. The normalized spacial score (nSPS) is 23.9. The van der Waals surface area contributed by atoms with E-state index in [0.717, 1.165) is 55.6 Å². The van der Waals surface area contributed by atoms with Crippen LogP contribution in [0.15, 0.2) is 52.9 Å². The van der Waals surface area contributed by atoms with Crippen LogP contribution in [0.2, 0.25) is 0 Å². The van der Waals surface area contributed by atoms with Crippen molar-refractivity contribution < 1.29 is 9.34 Å². The quantitative estimate of drug-likeness (QED) is 0.427. The van der Waals surface area contributed by atoms with Crippen LogP contribution < -0.4 is 15.5 Å². The topological polar surface area (TPSA) is 96.5 Å². The number of nitro groups is 1. The fourth-order valence-corrected chi connectivity index (χ4v) is 5.03. The van der Waals surface area contributed by atoms with Crippen molar-refractivity contribution in [3.8, 4) is 0 Å². The van der Waals surface area contributed by atoms with E-state index in [1.165, 1.54) is 12.8 Å². The zero-order valence-electron chi connectivity index (χ0n) is 18.1. The highest BCUT2D eigenvalue weighted by molar-refractivity contribution is 5.74. The Morgan fingerprint density at radius 1 is 1.00 bits per heavy atom. The second-order valence-electron chi connectivity index (χ2n) is 8.85. The highest BCUT2D eigenvalue weighted by atomic mass is 16.6. The number of piperidine rings is 1. The molecule has 3 aromatic rings. The number of fused-ring (bicyclic) bond motifs is 1. The smallest absolute Gasteiger partial charge is 0.295 e. The summed E-state index contributed by atoms with van der Waals surface area (Å²) in [5.74, 6) is 0. The maximum absolute atomic E-state index is 10.9. The van der Waals surface area contributed by atoms with Crippen molar-refractivity contribution in [3.63, 3.8) is 0 Å². The minimum Gasteiger partial charge on any atom is -0.424 e. The van der Waals surface area contributed by atoms with E-state index in [0.29, 0.717) is 18.1 Å². The Hall–Kier alpha value is -3.13. The average molecular weight is 436 g/mol. The summed E-state index contributed by atoms with van der Waals surface area (Å²) in [5, 5.41) is 18.4. The molecule has 2 N–H and O–H groups in total. The van der Waals surface area contributed by atoms with Crippen molar-refractivity contribution in [2.45, 2.75) is 56.7 Å². The lowest BCUT2D eigenvalue weighted by Crippen LogP contribution is -2.54. The van der Waals surface area contributed by atoms with Crippen molar-refractivity contribution in [1.82, 2.24) is 10.3 Å². The number of non-ortho nitro benzene ring substituents is 1. The zero-order chi connectivity index (χ0) is 21.9. The van der Waals surface area contributed by atoms with Gasteiger partial charge in [0, 0.05) is 49.0 Å². The van der Waals surface area contributed by atoms with E-state index in [4.69, 9.17) is 4.42 Å². The molecule has 3 atom stereocenters. The van der Waals surface area contributed by atoms with Crippen LogP contribution in [-0.4, -0.2) is 41.1 Å². The van der Waals surface area contributed by atoms with Crippen LogP contribution in [0.1, 0.15) is 38.5 Å². The Labute approximate surface area is 187 Å². The number of para-hydroxylation sites is 2. The van der Waals surface area contributed by atoms with Gasteiger partial charge in [0.25, 0.3) is 11.7 Å². The Morgan fingerprint density at radius 2 is 1.78 bits per heavy atom. The van der Waals surface area contributed by atoms with Crippen LogP contribution in [0.4, 0.5) is 17.4 Å². The van der Waals surface area contributed by atoms with Gasteiger partial charge in [0.15, 0.2) is 5.58 Å². The van der Waals surface area contributed by atoms with E-state index < -0.39 is 0 Å². The molecular weight excluding hydrogens is 406 g/mol. The van der Waals surface area contributed by atoms with Gasteiger partial charge in [-0.15, -0.1) is 0 Å². The number of benzene rings is 2. The first-order valence-electron chi connectivity index (χ1n) is 11.5. The largest absolute Gasteiger partial charge is 0.424 e. The third kappa shape index (κ3) is 4.55. The predicted molar refractivity (Wildman–Crippen MR) is 125 cm³/mol. The molecule has 0 bridgehead atoms. The molecule has 1 aliphatic carbocycles. The fourth-order valence-electron chi connectivity index (χ4n) is 5.03. The molecule has 1 aromatic heterocycles. The van der Waals surface area contributed by atoms with Crippen LogP contribution in [0.25, 0.3) is 11.1 Å². The number of oxazole rings is 1. The summed E-state index contributed by atoms with van der Waals surface area (Å²) in [4.78, 5) is 17.5. The summed E-state index contributed by atoms with van der Waals surface area (Å²) in [5.41, 5.74) is 2.87. The maximum Gasteiger partial charge on any atom is 0.295 e. The van der Waals surface area contributed by atoms with Gasteiger partial charge in [-0.1, -0.05) is 25.0 Å². The molecule has 8 heteroatoms. The summed E-state index contributed by atoms with van der Waals surface area (Å²) in [6, 6.07) is 16.4. The van der Waals surface area contributed by atoms with E-state index in [1.54, 1.807) is 12.1 Å². The molecule has 2 heterocycles. The van der Waals surface area contributed by atoms with Crippen LogP contribution in [0.3, 0.4) is 0 Å². The number of anilines is 2. The van der Waals surface area contributed by atoms with Gasteiger partial charge in [-0.2, -0.15) is 4.98 Å². The molecule has 2 fully saturated rings. The van der Waals surface area contributed by atoms with Crippen molar-refractivity contribution in [2.75, 3.05) is 23.3 Å². The van der Waals surface area contributed by atoms with Crippen LogP contribution in [-0.2, 0) is 0 Å². The minimum atomic E-state index is -0.350. The van der Waals surface area contributed by atoms with Crippen molar-refractivity contribution >= 4 is 28.5 Å². The Morgan fingerprint density at radius 3 is 2.56 bits per heavy atom. The van der Waals surface area contributed by atoms with Crippen LogP contribution in [0.5, 0.6) is 0 Å². The summed E-state index contributed by atoms with van der Waals surface area (Å²) < 4.78 is 5.90. The summed E-state index contributed by atoms with van der Waals surface area (Å²) >= 11 is 0. The first-order valence-corrected chi connectivity index (χ1v) is 11.5. The number of rotatable bonds is 6. The molecule has 1 aliphatic heterocycles. The summed E-state index contributed by atoms with van der Waals surface area (Å²) in [7, 11) is 0. The number of nitrogens with one attached hydrogen (secondary N) is 2. The van der Waals surface area contributed by atoms with E-state index in [1.807, 2.05) is 36.4 Å². The van der Waals surface area contributed by atoms with Gasteiger partial charge < -0.3 is 20.0 Å². The Balaban J connectivity index is 1.23. The molecule has 1 saturated carbocycles. The molecule has 168 valence electrons. The second-order valence-corrected chi connectivity index (χ2v) is 8.85. The molecule has 0 amide bonds. The van der Waals surface area contributed by atoms with Crippen LogP contribution >= 0.6 is 0 Å². The Kier molecular flexibility index (Phi) is 5.94. The lowest BCUT2D eigenvalue weighted by molar-refractivity contribution is -0.384. The predicted octanol–water partition coefficient (Wildman–Crippen LogP) is 4.72. The standard InChI is InChI=1S/C24H29N5O3/c30-29(31)19-13-11-18(12-14-19)28-15-5-6-17(16-28)25-20-7-1-2-8-21(20)26-24-27-22-9-3-4-10-23(22)32-24/h3-4,9-14,17,20-21,25H,1-2,5-8,15-16H2,(H,26,27)/t17-,20?,21?/m0/s1. The molecule has 0 spiro atoms.